The Hall–Kier alpha value is -0.120. The van der Waals surface area contributed by atoms with Crippen molar-refractivity contribution in [2.75, 3.05) is 26.9 Å². The smallest absolute Gasteiger partial charge is 0.0652 e. The first-order valence-corrected chi connectivity index (χ1v) is 5.82. The molecular formula is C12H23NO2. The standard InChI is InChI=1S/C12H23NO2/c1-11(2)9(5-10(11)14-4)13-6-12(3)7-15-8-12/h9-10,13H,5-8H2,1-4H3. The summed E-state index contributed by atoms with van der Waals surface area (Å²) < 4.78 is 10.7. The average molecular weight is 213 g/mol. The van der Waals surface area contributed by atoms with Gasteiger partial charge in [-0.15, -0.1) is 0 Å². The van der Waals surface area contributed by atoms with Gasteiger partial charge in [-0.2, -0.15) is 0 Å². The third kappa shape index (κ3) is 1.93. The van der Waals surface area contributed by atoms with Crippen LogP contribution in [-0.2, 0) is 9.47 Å². The van der Waals surface area contributed by atoms with E-state index >= 15 is 0 Å². The summed E-state index contributed by atoms with van der Waals surface area (Å²) in [5, 5.41) is 3.66. The molecular weight excluding hydrogens is 190 g/mol. The van der Waals surface area contributed by atoms with E-state index in [9.17, 15) is 0 Å². The summed E-state index contributed by atoms with van der Waals surface area (Å²) in [6.07, 6.45) is 1.56. The topological polar surface area (TPSA) is 30.5 Å². The summed E-state index contributed by atoms with van der Waals surface area (Å²) in [7, 11) is 1.81. The molecule has 0 bridgehead atoms. The molecule has 3 nitrogen and oxygen atoms in total. The molecule has 0 spiro atoms. The molecule has 1 heterocycles. The zero-order valence-electron chi connectivity index (χ0n) is 10.3. The monoisotopic (exact) mass is 213 g/mol. The molecule has 1 N–H and O–H groups in total. The van der Waals surface area contributed by atoms with Gasteiger partial charge < -0.3 is 14.8 Å². The van der Waals surface area contributed by atoms with Crippen LogP contribution in [0, 0.1) is 10.8 Å². The van der Waals surface area contributed by atoms with E-state index in [0.717, 1.165) is 26.2 Å². The van der Waals surface area contributed by atoms with E-state index in [1.165, 1.54) is 0 Å². The van der Waals surface area contributed by atoms with Gasteiger partial charge in [-0.1, -0.05) is 20.8 Å². The van der Waals surface area contributed by atoms with Crippen molar-refractivity contribution in [3.63, 3.8) is 0 Å². The molecule has 0 aromatic carbocycles. The lowest BCUT2D eigenvalue weighted by atomic mass is 9.64. The quantitative estimate of drug-likeness (QED) is 0.766. The van der Waals surface area contributed by atoms with Gasteiger partial charge in [0.15, 0.2) is 0 Å². The molecule has 2 rings (SSSR count). The van der Waals surface area contributed by atoms with Gasteiger partial charge in [0.25, 0.3) is 0 Å². The van der Waals surface area contributed by atoms with E-state index in [-0.39, 0.29) is 5.41 Å². The molecule has 88 valence electrons. The SMILES string of the molecule is COC1CC(NCC2(C)COC2)C1(C)C. The highest BCUT2D eigenvalue weighted by Crippen LogP contribution is 2.42. The van der Waals surface area contributed by atoms with Crippen molar-refractivity contribution in [3.8, 4) is 0 Å². The van der Waals surface area contributed by atoms with Crippen molar-refractivity contribution in [1.82, 2.24) is 5.32 Å². The first-order valence-electron chi connectivity index (χ1n) is 5.82. The van der Waals surface area contributed by atoms with Gasteiger partial charge in [-0.05, 0) is 6.42 Å². The van der Waals surface area contributed by atoms with Crippen LogP contribution >= 0.6 is 0 Å². The van der Waals surface area contributed by atoms with Crippen LogP contribution in [0.2, 0.25) is 0 Å². The predicted molar refractivity (Wildman–Crippen MR) is 59.9 cm³/mol. The molecule has 1 aliphatic carbocycles. The van der Waals surface area contributed by atoms with Crippen LogP contribution < -0.4 is 5.32 Å². The number of rotatable bonds is 4. The van der Waals surface area contributed by atoms with Crippen molar-refractivity contribution < 1.29 is 9.47 Å². The van der Waals surface area contributed by atoms with Crippen LogP contribution in [0.1, 0.15) is 27.2 Å². The maximum atomic E-state index is 5.44. The van der Waals surface area contributed by atoms with Crippen LogP contribution in [0.3, 0.4) is 0 Å². The molecule has 0 amide bonds. The van der Waals surface area contributed by atoms with Gasteiger partial charge in [0.05, 0.1) is 19.3 Å². The van der Waals surface area contributed by atoms with E-state index < -0.39 is 0 Å². The highest BCUT2D eigenvalue weighted by molar-refractivity contribution is 5.03. The zero-order chi connectivity index (χ0) is 11.1. The molecule has 0 radical (unpaired) electrons. The minimum Gasteiger partial charge on any atom is -0.381 e. The van der Waals surface area contributed by atoms with Crippen LogP contribution in [0.25, 0.3) is 0 Å². The van der Waals surface area contributed by atoms with E-state index in [2.05, 4.69) is 26.1 Å². The van der Waals surface area contributed by atoms with Gasteiger partial charge >= 0.3 is 0 Å². The van der Waals surface area contributed by atoms with Gasteiger partial charge in [-0.3, -0.25) is 0 Å². The summed E-state index contributed by atoms with van der Waals surface area (Å²) in [5.74, 6) is 0. The molecule has 1 saturated heterocycles. The lowest BCUT2D eigenvalue weighted by Gasteiger charge is -2.53. The first-order chi connectivity index (χ1) is 6.98. The van der Waals surface area contributed by atoms with E-state index in [4.69, 9.17) is 9.47 Å². The van der Waals surface area contributed by atoms with Crippen molar-refractivity contribution >= 4 is 0 Å². The summed E-state index contributed by atoms with van der Waals surface area (Å²) in [6, 6.07) is 0.597. The molecule has 2 atom stereocenters. The average Bonchev–Trinajstić information content (AvgIpc) is 2.13. The number of methoxy groups -OCH3 is 1. The summed E-state index contributed by atoms with van der Waals surface area (Å²) in [4.78, 5) is 0. The third-order valence-electron chi connectivity index (χ3n) is 4.14. The molecule has 0 aromatic heterocycles. The molecule has 2 unspecified atom stereocenters. The van der Waals surface area contributed by atoms with Crippen LogP contribution in [0.4, 0.5) is 0 Å². The number of ether oxygens (including phenoxy) is 2. The molecule has 2 fully saturated rings. The minimum atomic E-state index is 0.274. The molecule has 2 aliphatic rings. The fourth-order valence-electron chi connectivity index (χ4n) is 2.55. The normalized spacial score (nSPS) is 36.8. The largest absolute Gasteiger partial charge is 0.381 e. The lowest BCUT2D eigenvalue weighted by Crippen LogP contribution is -2.63. The third-order valence-corrected chi connectivity index (χ3v) is 4.14. The van der Waals surface area contributed by atoms with E-state index in [1.807, 2.05) is 7.11 Å². The Morgan fingerprint density at radius 2 is 2.00 bits per heavy atom. The fraction of sp³-hybridized carbons (Fsp3) is 1.00. The number of nitrogens with one attached hydrogen (secondary N) is 1. The number of hydrogen-bond acceptors (Lipinski definition) is 3. The number of hydrogen-bond donors (Lipinski definition) is 1. The van der Waals surface area contributed by atoms with Gasteiger partial charge in [-0.25, -0.2) is 0 Å². The second-order valence-electron chi connectivity index (χ2n) is 6.02. The van der Waals surface area contributed by atoms with Gasteiger partial charge in [0, 0.05) is 30.5 Å². The van der Waals surface area contributed by atoms with Crippen molar-refractivity contribution in [2.45, 2.75) is 39.3 Å². The van der Waals surface area contributed by atoms with Gasteiger partial charge in [0.2, 0.25) is 0 Å². The van der Waals surface area contributed by atoms with Gasteiger partial charge in [0.1, 0.15) is 0 Å². The summed E-state index contributed by atoms with van der Waals surface area (Å²) >= 11 is 0. The van der Waals surface area contributed by atoms with Crippen LogP contribution in [0.15, 0.2) is 0 Å². The predicted octanol–water partition coefficient (Wildman–Crippen LogP) is 1.43. The van der Waals surface area contributed by atoms with E-state index in [1.54, 1.807) is 0 Å². The van der Waals surface area contributed by atoms with Crippen LogP contribution in [0.5, 0.6) is 0 Å². The lowest BCUT2D eigenvalue weighted by molar-refractivity contribution is -0.123. The maximum absolute atomic E-state index is 5.44. The fourth-order valence-corrected chi connectivity index (χ4v) is 2.55. The molecule has 0 aromatic rings. The van der Waals surface area contributed by atoms with Crippen molar-refractivity contribution in [1.29, 1.82) is 0 Å². The Labute approximate surface area is 92.5 Å². The van der Waals surface area contributed by atoms with Crippen LogP contribution in [-0.4, -0.2) is 39.0 Å². The zero-order valence-corrected chi connectivity index (χ0v) is 10.3. The summed E-state index contributed by atoms with van der Waals surface area (Å²) in [6.45, 7) is 9.71. The van der Waals surface area contributed by atoms with Crippen molar-refractivity contribution in [3.05, 3.63) is 0 Å². The Kier molecular flexibility index (Phi) is 2.82. The minimum absolute atomic E-state index is 0.274. The van der Waals surface area contributed by atoms with Crippen molar-refractivity contribution in [2.24, 2.45) is 10.8 Å². The Bertz CT molecular complexity index is 236. The first kappa shape index (κ1) is 11.4. The molecule has 1 aliphatic heterocycles. The molecule has 15 heavy (non-hydrogen) atoms. The Balaban J connectivity index is 1.77. The van der Waals surface area contributed by atoms with E-state index in [0.29, 0.717) is 17.6 Å². The summed E-state index contributed by atoms with van der Waals surface area (Å²) in [5.41, 5.74) is 0.643. The Morgan fingerprint density at radius 3 is 2.40 bits per heavy atom. The molecule has 3 heteroatoms. The highest BCUT2D eigenvalue weighted by Gasteiger charge is 2.49. The second-order valence-corrected chi connectivity index (χ2v) is 6.02. The Morgan fingerprint density at radius 1 is 1.33 bits per heavy atom. The maximum Gasteiger partial charge on any atom is 0.0652 e. The second kappa shape index (κ2) is 3.72. The molecule has 1 saturated carbocycles. The highest BCUT2D eigenvalue weighted by atomic mass is 16.5.